The summed E-state index contributed by atoms with van der Waals surface area (Å²) < 4.78 is 3.52. The van der Waals surface area contributed by atoms with Gasteiger partial charge in [0.2, 0.25) is 0 Å². The van der Waals surface area contributed by atoms with E-state index in [1.165, 1.54) is 0 Å². The number of aliphatic imine (C=N–C) groups is 1. The summed E-state index contributed by atoms with van der Waals surface area (Å²) in [5, 5.41) is 0.658. The van der Waals surface area contributed by atoms with Crippen molar-refractivity contribution in [2.45, 2.75) is 13.0 Å². The number of nitrogens with zero attached hydrogens (tertiary/aromatic N) is 3. The van der Waals surface area contributed by atoms with Crippen molar-refractivity contribution < 1.29 is 0 Å². The highest BCUT2D eigenvalue weighted by atomic mass is 35.5. The second kappa shape index (κ2) is 8.56. The molecule has 0 saturated carbocycles. The third kappa shape index (κ3) is 3.87. The molecule has 0 aliphatic rings. The molecule has 4 nitrogen and oxygen atoms in total. The van der Waals surface area contributed by atoms with E-state index >= 15 is 0 Å². The SMILES string of the molecule is Cc1c(C=NC(c2ccccc2)c2cccc(Cl)c2)c(=O)n(-c2ccccc2)n1C. The Morgan fingerprint density at radius 2 is 1.53 bits per heavy atom. The standard InChI is InChI=1S/C25H22ClN3O/c1-18-23(25(30)29(28(18)2)22-14-7-4-8-15-22)17-27-24(19-10-5-3-6-11-19)20-12-9-13-21(26)16-20/h3-17,24H,1-2H3. The molecule has 0 N–H and O–H groups in total. The average molecular weight is 416 g/mol. The van der Waals surface area contributed by atoms with Gasteiger partial charge in [-0.25, -0.2) is 4.68 Å². The number of halogens is 1. The Bertz CT molecular complexity index is 1240. The Morgan fingerprint density at radius 3 is 2.20 bits per heavy atom. The number of aromatic nitrogens is 2. The number of para-hydroxylation sites is 1. The zero-order valence-corrected chi connectivity index (χ0v) is 17.6. The minimum atomic E-state index is -0.255. The zero-order valence-electron chi connectivity index (χ0n) is 16.9. The van der Waals surface area contributed by atoms with Crippen LogP contribution in [-0.2, 0) is 7.05 Å². The van der Waals surface area contributed by atoms with Crippen LogP contribution in [0.4, 0.5) is 0 Å². The van der Waals surface area contributed by atoms with Gasteiger partial charge in [0.15, 0.2) is 0 Å². The number of hydrogen-bond acceptors (Lipinski definition) is 2. The van der Waals surface area contributed by atoms with Gasteiger partial charge in [0.05, 0.1) is 17.3 Å². The Morgan fingerprint density at radius 1 is 0.900 bits per heavy atom. The van der Waals surface area contributed by atoms with Crippen molar-refractivity contribution in [2.24, 2.45) is 12.0 Å². The van der Waals surface area contributed by atoms with Crippen LogP contribution in [0.25, 0.3) is 5.69 Å². The molecule has 0 bridgehead atoms. The summed E-state index contributed by atoms with van der Waals surface area (Å²) >= 11 is 6.23. The van der Waals surface area contributed by atoms with E-state index in [1.807, 2.05) is 104 Å². The summed E-state index contributed by atoms with van der Waals surface area (Å²) in [6, 6.07) is 27.0. The molecule has 150 valence electrons. The smallest absolute Gasteiger partial charge is 0.280 e. The van der Waals surface area contributed by atoms with Crippen LogP contribution in [0.15, 0.2) is 94.7 Å². The first-order valence-electron chi connectivity index (χ1n) is 9.74. The van der Waals surface area contributed by atoms with Crippen molar-refractivity contribution >= 4 is 17.8 Å². The molecule has 30 heavy (non-hydrogen) atoms. The highest BCUT2D eigenvalue weighted by molar-refractivity contribution is 6.30. The van der Waals surface area contributed by atoms with E-state index in [0.29, 0.717) is 10.6 Å². The Hall–Kier alpha value is -3.37. The van der Waals surface area contributed by atoms with Crippen molar-refractivity contribution in [3.63, 3.8) is 0 Å². The lowest BCUT2D eigenvalue weighted by molar-refractivity contribution is 0.630. The van der Waals surface area contributed by atoms with Crippen LogP contribution in [-0.4, -0.2) is 15.6 Å². The van der Waals surface area contributed by atoms with E-state index < -0.39 is 0 Å². The Kier molecular flexibility index (Phi) is 5.68. The molecule has 5 heteroatoms. The van der Waals surface area contributed by atoms with Crippen molar-refractivity contribution in [2.75, 3.05) is 0 Å². The molecule has 0 spiro atoms. The van der Waals surface area contributed by atoms with Crippen LogP contribution in [0.2, 0.25) is 5.02 Å². The van der Waals surface area contributed by atoms with Crippen molar-refractivity contribution in [1.29, 1.82) is 0 Å². The molecule has 3 aromatic carbocycles. The van der Waals surface area contributed by atoms with Crippen molar-refractivity contribution in [1.82, 2.24) is 9.36 Å². The maximum absolute atomic E-state index is 13.2. The number of hydrogen-bond donors (Lipinski definition) is 0. The largest absolute Gasteiger partial charge is 0.285 e. The predicted molar refractivity (Wildman–Crippen MR) is 123 cm³/mol. The number of rotatable bonds is 5. The predicted octanol–water partition coefficient (Wildman–Crippen LogP) is 5.35. The van der Waals surface area contributed by atoms with Gasteiger partial charge in [-0.05, 0) is 42.3 Å². The molecule has 0 radical (unpaired) electrons. The molecule has 1 unspecified atom stereocenters. The van der Waals surface area contributed by atoms with Crippen molar-refractivity contribution in [3.8, 4) is 5.69 Å². The second-order valence-electron chi connectivity index (χ2n) is 7.12. The highest BCUT2D eigenvalue weighted by Gasteiger charge is 2.17. The van der Waals surface area contributed by atoms with Gasteiger partial charge in [-0.15, -0.1) is 0 Å². The monoisotopic (exact) mass is 415 g/mol. The van der Waals surface area contributed by atoms with Crippen LogP contribution in [0.3, 0.4) is 0 Å². The summed E-state index contributed by atoms with van der Waals surface area (Å²) in [4.78, 5) is 18.0. The first-order chi connectivity index (χ1) is 14.6. The first kappa shape index (κ1) is 19.9. The molecule has 0 fully saturated rings. The van der Waals surface area contributed by atoms with Gasteiger partial charge < -0.3 is 0 Å². The quantitative estimate of drug-likeness (QED) is 0.405. The highest BCUT2D eigenvalue weighted by Crippen LogP contribution is 2.28. The molecular formula is C25H22ClN3O. The lowest BCUT2D eigenvalue weighted by Crippen LogP contribution is -2.20. The molecule has 0 amide bonds. The van der Waals surface area contributed by atoms with Crippen molar-refractivity contribution in [3.05, 3.63) is 123 Å². The summed E-state index contributed by atoms with van der Waals surface area (Å²) in [5.74, 6) is 0. The summed E-state index contributed by atoms with van der Waals surface area (Å²) in [5.41, 5.74) is 4.16. The average Bonchev–Trinajstić information content (AvgIpc) is 2.98. The molecule has 1 heterocycles. The minimum Gasteiger partial charge on any atom is -0.285 e. The van der Waals surface area contributed by atoms with Gasteiger partial charge in [-0.3, -0.25) is 14.5 Å². The fourth-order valence-corrected chi connectivity index (χ4v) is 3.76. The van der Waals surface area contributed by atoms with Gasteiger partial charge in [-0.2, -0.15) is 0 Å². The minimum absolute atomic E-state index is 0.0946. The Labute approximate surface area is 180 Å². The molecule has 4 rings (SSSR count). The van der Waals surface area contributed by atoms with Gasteiger partial charge in [0.25, 0.3) is 5.56 Å². The van der Waals surface area contributed by atoms with E-state index in [2.05, 4.69) is 0 Å². The van der Waals surface area contributed by atoms with E-state index in [0.717, 1.165) is 22.5 Å². The summed E-state index contributed by atoms with van der Waals surface area (Å²) in [7, 11) is 1.88. The maximum atomic E-state index is 13.2. The zero-order chi connectivity index (χ0) is 21.1. The van der Waals surface area contributed by atoms with Crippen LogP contribution in [0.5, 0.6) is 0 Å². The fraction of sp³-hybridized carbons (Fsp3) is 0.120. The second-order valence-corrected chi connectivity index (χ2v) is 7.56. The van der Waals surface area contributed by atoms with Crippen LogP contribution in [0, 0.1) is 6.92 Å². The molecule has 0 aliphatic carbocycles. The summed E-state index contributed by atoms with van der Waals surface area (Å²) in [6.07, 6.45) is 1.69. The lowest BCUT2D eigenvalue weighted by Gasteiger charge is -2.13. The van der Waals surface area contributed by atoms with Crippen LogP contribution < -0.4 is 5.56 Å². The van der Waals surface area contributed by atoms with Gasteiger partial charge >= 0.3 is 0 Å². The normalized spacial score (nSPS) is 12.4. The van der Waals surface area contributed by atoms with Crippen LogP contribution >= 0.6 is 11.6 Å². The fourth-order valence-electron chi connectivity index (χ4n) is 3.56. The summed E-state index contributed by atoms with van der Waals surface area (Å²) in [6.45, 7) is 1.93. The van der Waals surface area contributed by atoms with Crippen LogP contribution in [0.1, 0.15) is 28.4 Å². The molecule has 0 saturated heterocycles. The molecule has 1 atom stereocenters. The molecule has 4 aromatic rings. The Balaban J connectivity index is 1.80. The third-order valence-electron chi connectivity index (χ3n) is 5.23. The van der Waals surface area contributed by atoms with E-state index in [1.54, 1.807) is 10.9 Å². The third-order valence-corrected chi connectivity index (χ3v) is 5.47. The lowest BCUT2D eigenvalue weighted by atomic mass is 9.99. The first-order valence-corrected chi connectivity index (χ1v) is 10.1. The molecule has 0 aliphatic heterocycles. The molecule has 1 aromatic heterocycles. The molecular weight excluding hydrogens is 394 g/mol. The van der Waals surface area contributed by atoms with Gasteiger partial charge in [0.1, 0.15) is 0 Å². The van der Waals surface area contributed by atoms with E-state index in [9.17, 15) is 4.79 Å². The van der Waals surface area contributed by atoms with E-state index in [-0.39, 0.29) is 11.6 Å². The van der Waals surface area contributed by atoms with E-state index in [4.69, 9.17) is 16.6 Å². The maximum Gasteiger partial charge on any atom is 0.280 e. The van der Waals surface area contributed by atoms with Gasteiger partial charge in [0, 0.05) is 24.0 Å². The number of benzene rings is 3. The van der Waals surface area contributed by atoms with Gasteiger partial charge in [-0.1, -0.05) is 72.3 Å². The topological polar surface area (TPSA) is 39.3 Å².